The Morgan fingerprint density at radius 2 is 1.95 bits per heavy atom. The van der Waals surface area contributed by atoms with Gasteiger partial charge < -0.3 is 10.5 Å². The molecule has 0 amide bonds. The Kier molecular flexibility index (Phi) is 5.05. The minimum atomic E-state index is 0.0455. The molecule has 1 unspecified atom stereocenters. The molecule has 2 aromatic rings. The Hall–Kier alpha value is -1.51. The predicted octanol–water partition coefficient (Wildman–Crippen LogP) is 3.77. The third kappa shape index (κ3) is 3.99. The Balaban J connectivity index is 2.08. The highest BCUT2D eigenvalue weighted by Crippen LogP contribution is 2.24. The summed E-state index contributed by atoms with van der Waals surface area (Å²) in [5.74, 6) is 0.842. The largest absolute Gasteiger partial charge is 0.496 e. The molecule has 0 bridgehead atoms. The number of hydrogen-bond donors (Lipinski definition) is 1. The Morgan fingerprint density at radius 1 is 1.15 bits per heavy atom. The summed E-state index contributed by atoms with van der Waals surface area (Å²) in [5, 5.41) is 0.712. The summed E-state index contributed by atoms with van der Waals surface area (Å²) in [7, 11) is 1.67. The fourth-order valence-corrected chi connectivity index (χ4v) is 2.60. The second-order valence-electron chi connectivity index (χ2n) is 5.11. The molecule has 0 saturated heterocycles. The monoisotopic (exact) mass is 289 g/mol. The maximum Gasteiger partial charge on any atom is 0.122 e. The molecule has 0 aliphatic carbocycles. The fraction of sp³-hybridized carbons (Fsp3) is 0.294. The van der Waals surface area contributed by atoms with Gasteiger partial charge in [-0.2, -0.15) is 0 Å². The van der Waals surface area contributed by atoms with Crippen LogP contribution in [0.4, 0.5) is 0 Å². The number of ether oxygens (including phenoxy) is 1. The van der Waals surface area contributed by atoms with Crippen molar-refractivity contribution in [2.24, 2.45) is 5.73 Å². The highest BCUT2D eigenvalue weighted by Gasteiger charge is 2.10. The van der Waals surface area contributed by atoms with E-state index >= 15 is 0 Å². The van der Waals surface area contributed by atoms with Crippen LogP contribution in [-0.4, -0.2) is 13.2 Å². The van der Waals surface area contributed by atoms with Gasteiger partial charge in [0.2, 0.25) is 0 Å². The van der Waals surface area contributed by atoms with Crippen LogP contribution in [0.1, 0.15) is 16.7 Å². The zero-order valence-corrected chi connectivity index (χ0v) is 12.7. The van der Waals surface area contributed by atoms with Crippen molar-refractivity contribution < 1.29 is 4.74 Å². The number of halogens is 1. The van der Waals surface area contributed by atoms with Crippen LogP contribution in [0.15, 0.2) is 42.5 Å². The summed E-state index contributed by atoms with van der Waals surface area (Å²) in [6.45, 7) is 2.09. The Labute approximate surface area is 125 Å². The molecule has 1 atom stereocenters. The SMILES string of the molecule is COc1ccc(Cl)cc1CC(N)Cc1cccc(C)c1. The molecule has 0 fully saturated rings. The van der Waals surface area contributed by atoms with Gasteiger partial charge in [0.15, 0.2) is 0 Å². The first-order valence-electron chi connectivity index (χ1n) is 6.72. The topological polar surface area (TPSA) is 35.2 Å². The van der Waals surface area contributed by atoms with Crippen LogP contribution in [0.25, 0.3) is 0 Å². The standard InChI is InChI=1S/C17H20ClNO/c1-12-4-3-5-13(8-12)9-16(19)11-14-10-15(18)6-7-17(14)20-2/h3-8,10,16H,9,11,19H2,1-2H3. The first kappa shape index (κ1) is 14.9. The summed E-state index contributed by atoms with van der Waals surface area (Å²) < 4.78 is 5.36. The summed E-state index contributed by atoms with van der Waals surface area (Å²) in [6.07, 6.45) is 1.59. The van der Waals surface area contributed by atoms with Gasteiger partial charge in [-0.15, -0.1) is 0 Å². The zero-order chi connectivity index (χ0) is 14.5. The van der Waals surface area contributed by atoms with Crippen molar-refractivity contribution in [3.8, 4) is 5.75 Å². The van der Waals surface area contributed by atoms with E-state index in [0.29, 0.717) is 5.02 Å². The second-order valence-corrected chi connectivity index (χ2v) is 5.55. The van der Waals surface area contributed by atoms with E-state index in [1.54, 1.807) is 7.11 Å². The summed E-state index contributed by atoms with van der Waals surface area (Å²) in [5.41, 5.74) is 9.84. The summed E-state index contributed by atoms with van der Waals surface area (Å²) in [4.78, 5) is 0. The molecular formula is C17H20ClNO. The van der Waals surface area contributed by atoms with Crippen LogP contribution in [-0.2, 0) is 12.8 Å². The van der Waals surface area contributed by atoms with Gasteiger partial charge in [0.25, 0.3) is 0 Å². The van der Waals surface area contributed by atoms with Crippen molar-refractivity contribution in [3.05, 3.63) is 64.2 Å². The van der Waals surface area contributed by atoms with E-state index in [2.05, 4.69) is 31.2 Å². The number of nitrogens with two attached hydrogens (primary N) is 1. The van der Waals surface area contributed by atoms with Gasteiger partial charge in [0, 0.05) is 11.1 Å². The lowest BCUT2D eigenvalue weighted by molar-refractivity contribution is 0.408. The average Bonchev–Trinajstić information content (AvgIpc) is 2.38. The molecule has 2 N–H and O–H groups in total. The smallest absolute Gasteiger partial charge is 0.122 e. The molecule has 0 aliphatic rings. The van der Waals surface area contributed by atoms with Crippen LogP contribution < -0.4 is 10.5 Å². The summed E-state index contributed by atoms with van der Waals surface area (Å²) >= 11 is 6.04. The maximum atomic E-state index is 6.26. The van der Waals surface area contributed by atoms with E-state index in [1.165, 1.54) is 11.1 Å². The Morgan fingerprint density at radius 3 is 2.65 bits per heavy atom. The van der Waals surface area contributed by atoms with E-state index in [0.717, 1.165) is 24.2 Å². The number of rotatable bonds is 5. The van der Waals surface area contributed by atoms with Crippen molar-refractivity contribution in [3.63, 3.8) is 0 Å². The van der Waals surface area contributed by atoms with Gasteiger partial charge in [-0.1, -0.05) is 41.4 Å². The Bertz CT molecular complexity index is 583. The van der Waals surface area contributed by atoms with Gasteiger partial charge in [-0.25, -0.2) is 0 Å². The van der Waals surface area contributed by atoms with Crippen molar-refractivity contribution in [1.82, 2.24) is 0 Å². The normalized spacial score (nSPS) is 12.2. The van der Waals surface area contributed by atoms with E-state index in [4.69, 9.17) is 22.1 Å². The molecule has 0 aliphatic heterocycles. The third-order valence-electron chi connectivity index (χ3n) is 3.30. The minimum absolute atomic E-state index is 0.0455. The first-order valence-corrected chi connectivity index (χ1v) is 7.10. The van der Waals surface area contributed by atoms with Gasteiger partial charge in [-0.3, -0.25) is 0 Å². The number of aryl methyl sites for hydroxylation is 1. The molecule has 0 radical (unpaired) electrons. The number of benzene rings is 2. The molecule has 0 saturated carbocycles. The molecular weight excluding hydrogens is 270 g/mol. The highest BCUT2D eigenvalue weighted by atomic mass is 35.5. The molecule has 106 valence electrons. The number of hydrogen-bond acceptors (Lipinski definition) is 2. The van der Waals surface area contributed by atoms with Crippen LogP contribution >= 0.6 is 11.6 Å². The van der Waals surface area contributed by atoms with Crippen molar-refractivity contribution >= 4 is 11.6 Å². The molecule has 0 heterocycles. The van der Waals surface area contributed by atoms with Gasteiger partial charge in [0.05, 0.1) is 7.11 Å². The zero-order valence-electron chi connectivity index (χ0n) is 11.9. The van der Waals surface area contributed by atoms with Crippen LogP contribution in [0.3, 0.4) is 0 Å². The fourth-order valence-electron chi connectivity index (χ4n) is 2.40. The molecule has 0 aromatic heterocycles. The molecule has 2 rings (SSSR count). The van der Waals surface area contributed by atoms with E-state index in [-0.39, 0.29) is 6.04 Å². The van der Waals surface area contributed by atoms with E-state index in [9.17, 15) is 0 Å². The molecule has 0 spiro atoms. The average molecular weight is 290 g/mol. The van der Waals surface area contributed by atoms with Crippen molar-refractivity contribution in [2.75, 3.05) is 7.11 Å². The van der Waals surface area contributed by atoms with E-state index in [1.807, 2.05) is 18.2 Å². The van der Waals surface area contributed by atoms with E-state index < -0.39 is 0 Å². The maximum absolute atomic E-state index is 6.26. The van der Waals surface area contributed by atoms with Gasteiger partial charge in [0.1, 0.15) is 5.75 Å². The molecule has 3 heteroatoms. The van der Waals surface area contributed by atoms with Crippen molar-refractivity contribution in [1.29, 1.82) is 0 Å². The first-order chi connectivity index (χ1) is 9.58. The predicted molar refractivity (Wildman–Crippen MR) is 84.6 cm³/mol. The van der Waals surface area contributed by atoms with Gasteiger partial charge >= 0.3 is 0 Å². The third-order valence-corrected chi connectivity index (χ3v) is 3.54. The van der Waals surface area contributed by atoms with Crippen LogP contribution in [0.2, 0.25) is 5.02 Å². The highest BCUT2D eigenvalue weighted by molar-refractivity contribution is 6.30. The summed E-state index contributed by atoms with van der Waals surface area (Å²) in [6, 6.07) is 14.1. The lowest BCUT2D eigenvalue weighted by Gasteiger charge is -2.15. The van der Waals surface area contributed by atoms with Crippen LogP contribution in [0.5, 0.6) is 5.75 Å². The molecule has 2 aromatic carbocycles. The molecule has 2 nitrogen and oxygen atoms in total. The van der Waals surface area contributed by atoms with Crippen LogP contribution in [0, 0.1) is 6.92 Å². The molecule has 20 heavy (non-hydrogen) atoms. The quantitative estimate of drug-likeness (QED) is 0.909. The lowest BCUT2D eigenvalue weighted by atomic mass is 9.98. The van der Waals surface area contributed by atoms with Crippen molar-refractivity contribution in [2.45, 2.75) is 25.8 Å². The minimum Gasteiger partial charge on any atom is -0.496 e. The number of methoxy groups -OCH3 is 1. The van der Waals surface area contributed by atoms with Gasteiger partial charge in [-0.05, 0) is 49.1 Å². The second kappa shape index (κ2) is 6.78. The lowest BCUT2D eigenvalue weighted by Crippen LogP contribution is -2.25.